The van der Waals surface area contributed by atoms with E-state index < -0.39 is 11.7 Å². The molecule has 0 spiro atoms. The van der Waals surface area contributed by atoms with Gasteiger partial charge in [-0.2, -0.15) is 18.1 Å². The summed E-state index contributed by atoms with van der Waals surface area (Å²) in [7, 11) is 3.60. The summed E-state index contributed by atoms with van der Waals surface area (Å²) < 4.78 is 42.7. The predicted molar refractivity (Wildman–Crippen MR) is 116 cm³/mol. The van der Waals surface area contributed by atoms with Crippen molar-refractivity contribution in [1.82, 2.24) is 0 Å². The van der Waals surface area contributed by atoms with E-state index in [4.69, 9.17) is 0 Å². The Morgan fingerprint density at radius 2 is 1.50 bits per heavy atom. The lowest BCUT2D eigenvalue weighted by Crippen LogP contribution is -2.34. The molecule has 2 aromatic carbocycles. The van der Waals surface area contributed by atoms with Crippen LogP contribution in [0.1, 0.15) is 62.8 Å². The van der Waals surface area contributed by atoms with Crippen LogP contribution in [0, 0.1) is 4.91 Å². The van der Waals surface area contributed by atoms with Gasteiger partial charge in [0.15, 0.2) is 0 Å². The van der Waals surface area contributed by atoms with Crippen LogP contribution in [0.15, 0.2) is 35.5 Å². The number of fused-ring (bicyclic) bond motifs is 1. The second-order valence-corrected chi connectivity index (χ2v) is 9.74. The van der Waals surface area contributed by atoms with Gasteiger partial charge in [0.05, 0.1) is 5.56 Å². The van der Waals surface area contributed by atoms with Gasteiger partial charge in [-0.3, -0.25) is 0 Å². The quantitative estimate of drug-likeness (QED) is 0.498. The Labute approximate surface area is 176 Å². The topological polar surface area (TPSA) is 32.7 Å². The lowest BCUT2D eigenvalue weighted by atomic mass is 9.62. The number of nitroso groups, excluding NO2 is 1. The lowest BCUT2D eigenvalue weighted by Gasteiger charge is -2.42. The molecule has 0 aliphatic heterocycles. The second kappa shape index (κ2) is 7.40. The van der Waals surface area contributed by atoms with E-state index in [1.54, 1.807) is 43.3 Å². The summed E-state index contributed by atoms with van der Waals surface area (Å²) in [5.41, 5.74) is 2.45. The molecule has 2 aromatic rings. The van der Waals surface area contributed by atoms with Crippen LogP contribution in [-0.4, -0.2) is 14.1 Å². The first-order valence-electron chi connectivity index (χ1n) is 10.1. The Hall–Kier alpha value is -2.37. The molecule has 6 heteroatoms. The molecule has 162 valence electrons. The minimum atomic E-state index is -4.50. The highest BCUT2D eigenvalue weighted by molar-refractivity contribution is 5.82. The largest absolute Gasteiger partial charge is 0.417 e. The Balaban J connectivity index is 2.41. The minimum absolute atomic E-state index is 0.0779. The van der Waals surface area contributed by atoms with Crippen LogP contribution >= 0.6 is 0 Å². The zero-order chi connectivity index (χ0) is 22.5. The van der Waals surface area contributed by atoms with E-state index in [2.05, 4.69) is 19.0 Å². The van der Waals surface area contributed by atoms with Crippen LogP contribution in [0.2, 0.25) is 0 Å². The van der Waals surface area contributed by atoms with Gasteiger partial charge in [-0.25, -0.2) is 0 Å². The molecular formula is C24H29F3N2O. The molecule has 0 unspecified atom stereocenters. The van der Waals surface area contributed by atoms with Crippen molar-refractivity contribution in [2.75, 3.05) is 19.0 Å². The molecule has 30 heavy (non-hydrogen) atoms. The second-order valence-electron chi connectivity index (χ2n) is 9.74. The number of rotatable bonds is 4. The van der Waals surface area contributed by atoms with Gasteiger partial charge >= 0.3 is 6.18 Å². The number of nitrogens with zero attached hydrogens (tertiary/aromatic N) is 2. The van der Waals surface area contributed by atoms with Crippen molar-refractivity contribution in [1.29, 1.82) is 0 Å². The van der Waals surface area contributed by atoms with E-state index >= 15 is 0 Å². The lowest BCUT2D eigenvalue weighted by molar-refractivity contribution is -0.137. The molecule has 3 rings (SSSR count). The normalized spacial score (nSPS) is 17.4. The Morgan fingerprint density at radius 1 is 0.933 bits per heavy atom. The first-order chi connectivity index (χ1) is 13.8. The first kappa shape index (κ1) is 22.3. The molecule has 0 radical (unpaired) electrons. The highest BCUT2D eigenvalue weighted by atomic mass is 19.4. The molecule has 0 atom stereocenters. The van der Waals surface area contributed by atoms with Gasteiger partial charge in [0.2, 0.25) is 0 Å². The standard InChI is InChI=1S/C24H29F3N2O/c1-22(2)9-10-23(3,4)20-13-18(24(25,26)27)16(12-19(20)22)17-11-15(14-28-30)7-8-21(17)29(5)6/h7-8,11-13H,9-10,14H2,1-6H3. The Morgan fingerprint density at radius 3 is 2.00 bits per heavy atom. The van der Waals surface area contributed by atoms with E-state index in [1.807, 2.05) is 13.8 Å². The average Bonchev–Trinajstić information content (AvgIpc) is 2.64. The van der Waals surface area contributed by atoms with Gasteiger partial charge in [0.1, 0.15) is 6.54 Å². The van der Waals surface area contributed by atoms with Gasteiger partial charge in [0, 0.05) is 25.3 Å². The van der Waals surface area contributed by atoms with E-state index in [9.17, 15) is 18.1 Å². The van der Waals surface area contributed by atoms with Crippen molar-refractivity contribution in [3.63, 3.8) is 0 Å². The van der Waals surface area contributed by atoms with Crippen LogP contribution in [-0.2, 0) is 23.6 Å². The Kier molecular flexibility index (Phi) is 5.50. The third-order valence-electron chi connectivity index (χ3n) is 6.38. The van der Waals surface area contributed by atoms with Gasteiger partial charge < -0.3 is 4.90 Å². The SMILES string of the molecule is CN(C)c1ccc(CN=O)cc1-c1cc2c(cc1C(F)(F)F)C(C)(C)CCC2(C)C. The fourth-order valence-corrected chi connectivity index (χ4v) is 4.43. The van der Waals surface area contributed by atoms with Gasteiger partial charge in [-0.05, 0) is 70.2 Å². The molecule has 0 bridgehead atoms. The molecule has 0 N–H and O–H groups in total. The molecule has 0 aromatic heterocycles. The third-order valence-corrected chi connectivity index (χ3v) is 6.38. The maximum Gasteiger partial charge on any atom is 0.417 e. The van der Waals surface area contributed by atoms with Crippen molar-refractivity contribution in [2.24, 2.45) is 5.18 Å². The summed E-state index contributed by atoms with van der Waals surface area (Å²) in [6, 6.07) is 8.24. The average molecular weight is 419 g/mol. The molecule has 0 heterocycles. The Bertz CT molecular complexity index is 975. The number of benzene rings is 2. The summed E-state index contributed by atoms with van der Waals surface area (Å²) in [4.78, 5) is 12.6. The van der Waals surface area contributed by atoms with Crippen LogP contribution in [0.25, 0.3) is 11.1 Å². The van der Waals surface area contributed by atoms with Crippen molar-refractivity contribution < 1.29 is 13.2 Å². The predicted octanol–water partition coefficient (Wildman–Crippen LogP) is 7.05. The van der Waals surface area contributed by atoms with Gasteiger partial charge in [-0.1, -0.05) is 38.9 Å². The van der Waals surface area contributed by atoms with Crippen molar-refractivity contribution in [3.8, 4) is 11.1 Å². The molecular weight excluding hydrogens is 389 g/mol. The summed E-state index contributed by atoms with van der Waals surface area (Å²) >= 11 is 0. The van der Waals surface area contributed by atoms with Gasteiger partial charge in [0.25, 0.3) is 0 Å². The molecule has 0 saturated heterocycles. The number of halogens is 3. The monoisotopic (exact) mass is 418 g/mol. The van der Waals surface area contributed by atoms with Crippen LogP contribution in [0.4, 0.5) is 18.9 Å². The van der Waals surface area contributed by atoms with E-state index in [1.165, 1.54) is 6.07 Å². The number of alkyl halides is 3. The molecule has 0 fully saturated rings. The molecule has 1 aliphatic carbocycles. The highest BCUT2D eigenvalue weighted by Gasteiger charge is 2.42. The van der Waals surface area contributed by atoms with E-state index in [-0.39, 0.29) is 22.9 Å². The van der Waals surface area contributed by atoms with Crippen LogP contribution in [0.5, 0.6) is 0 Å². The van der Waals surface area contributed by atoms with Gasteiger partial charge in [-0.15, -0.1) is 0 Å². The van der Waals surface area contributed by atoms with Crippen LogP contribution < -0.4 is 4.90 Å². The zero-order valence-electron chi connectivity index (χ0n) is 18.4. The van der Waals surface area contributed by atoms with Crippen molar-refractivity contribution in [3.05, 3.63) is 57.5 Å². The number of hydrogen-bond donors (Lipinski definition) is 0. The maximum absolute atomic E-state index is 14.2. The maximum atomic E-state index is 14.2. The number of anilines is 1. The van der Waals surface area contributed by atoms with Crippen LogP contribution in [0.3, 0.4) is 0 Å². The summed E-state index contributed by atoms with van der Waals surface area (Å²) in [5, 5.41) is 2.91. The molecule has 0 saturated carbocycles. The van der Waals surface area contributed by atoms with E-state index in [0.29, 0.717) is 16.8 Å². The minimum Gasteiger partial charge on any atom is -0.377 e. The summed E-state index contributed by atoms with van der Waals surface area (Å²) in [6.45, 7) is 8.14. The fraction of sp³-hybridized carbons (Fsp3) is 0.500. The number of hydrogen-bond acceptors (Lipinski definition) is 3. The third kappa shape index (κ3) is 3.96. The highest BCUT2D eigenvalue weighted by Crippen LogP contribution is 2.50. The zero-order valence-corrected chi connectivity index (χ0v) is 18.4. The first-order valence-corrected chi connectivity index (χ1v) is 10.1. The van der Waals surface area contributed by atoms with Crippen molar-refractivity contribution >= 4 is 5.69 Å². The van der Waals surface area contributed by atoms with E-state index in [0.717, 1.165) is 24.0 Å². The van der Waals surface area contributed by atoms with Crippen molar-refractivity contribution in [2.45, 2.75) is 64.1 Å². The smallest absolute Gasteiger partial charge is 0.377 e. The summed E-state index contributed by atoms with van der Waals surface area (Å²) in [5.74, 6) is 0. The molecule has 1 aliphatic rings. The molecule has 3 nitrogen and oxygen atoms in total. The molecule has 0 amide bonds. The summed E-state index contributed by atoms with van der Waals surface area (Å²) in [6.07, 6.45) is -2.74. The fourth-order valence-electron chi connectivity index (χ4n) is 4.43.